The topological polar surface area (TPSA) is 108 Å². The van der Waals surface area contributed by atoms with Crippen LogP contribution in [0.25, 0.3) is 0 Å². The number of carbonyl (C=O) groups excluding carboxylic acids is 2. The van der Waals surface area contributed by atoms with Gasteiger partial charge in [-0.2, -0.15) is 0 Å². The Balaban J connectivity index is 1.75. The summed E-state index contributed by atoms with van der Waals surface area (Å²) in [6.45, 7) is 1.04. The molecule has 25 heavy (non-hydrogen) atoms. The van der Waals surface area contributed by atoms with E-state index in [2.05, 4.69) is 10.6 Å². The Bertz CT molecular complexity index is 706. The number of amides is 3. The summed E-state index contributed by atoms with van der Waals surface area (Å²) < 4.78 is 5.30. The number of nitrogens with one attached hydrogen (secondary N) is 2. The van der Waals surface area contributed by atoms with Gasteiger partial charge in [-0.15, -0.1) is 0 Å². The van der Waals surface area contributed by atoms with Gasteiger partial charge in [0.05, 0.1) is 18.7 Å². The van der Waals surface area contributed by atoms with Crippen LogP contribution in [-0.4, -0.2) is 49.3 Å². The molecule has 1 saturated carbocycles. The second-order valence-corrected chi connectivity index (χ2v) is 6.29. The number of hydrogen-bond donors (Lipinski definition) is 3. The third-order valence-electron chi connectivity index (χ3n) is 4.71. The molecule has 134 valence electrons. The van der Waals surface area contributed by atoms with Crippen LogP contribution in [0, 0.1) is 5.92 Å². The van der Waals surface area contributed by atoms with Crippen molar-refractivity contribution in [1.29, 1.82) is 0 Å². The maximum absolute atomic E-state index is 12.5. The van der Waals surface area contributed by atoms with Crippen molar-refractivity contribution in [2.24, 2.45) is 5.92 Å². The molecule has 2 fully saturated rings. The van der Waals surface area contributed by atoms with Crippen LogP contribution in [0.3, 0.4) is 0 Å². The maximum atomic E-state index is 12.5. The summed E-state index contributed by atoms with van der Waals surface area (Å²) in [7, 11) is 1.51. The van der Waals surface area contributed by atoms with Gasteiger partial charge in [0.1, 0.15) is 5.75 Å². The minimum absolute atomic E-state index is 0.144. The summed E-state index contributed by atoms with van der Waals surface area (Å²) in [5.41, 5.74) is 0.953. The smallest absolute Gasteiger partial charge is 0.322 e. The number of carbonyl (C=O) groups is 3. The molecular formula is C17H21N3O5. The van der Waals surface area contributed by atoms with Crippen molar-refractivity contribution >= 4 is 23.6 Å². The highest BCUT2D eigenvalue weighted by Gasteiger charge is 2.31. The number of anilines is 1. The summed E-state index contributed by atoms with van der Waals surface area (Å²) in [4.78, 5) is 37.0. The first-order chi connectivity index (χ1) is 12.0. The van der Waals surface area contributed by atoms with Crippen LogP contribution in [-0.2, 0) is 4.79 Å². The Morgan fingerprint density at radius 3 is 2.76 bits per heavy atom. The Labute approximate surface area is 145 Å². The summed E-state index contributed by atoms with van der Waals surface area (Å²) in [5, 5.41) is 14.7. The number of carboxylic acid groups (broad SMARTS) is 1. The number of benzene rings is 1. The number of hydrogen-bond acceptors (Lipinski definition) is 4. The molecule has 1 aromatic rings. The molecule has 1 aliphatic carbocycles. The van der Waals surface area contributed by atoms with Gasteiger partial charge in [-0.25, -0.2) is 4.79 Å². The molecule has 0 aromatic heterocycles. The number of aliphatic carboxylic acids is 1. The molecule has 2 aliphatic rings. The Morgan fingerprint density at radius 2 is 2.16 bits per heavy atom. The zero-order chi connectivity index (χ0) is 18.0. The van der Waals surface area contributed by atoms with Crippen LogP contribution in [0.4, 0.5) is 10.5 Å². The number of rotatable bonds is 5. The van der Waals surface area contributed by atoms with Gasteiger partial charge in [-0.3, -0.25) is 14.5 Å². The van der Waals surface area contributed by atoms with Crippen molar-refractivity contribution in [2.45, 2.75) is 25.3 Å². The molecular weight excluding hydrogens is 326 g/mol. The van der Waals surface area contributed by atoms with Gasteiger partial charge >= 0.3 is 12.0 Å². The average molecular weight is 347 g/mol. The normalized spacial score (nSPS) is 22.6. The Hall–Kier alpha value is -2.77. The fraction of sp³-hybridized carbons (Fsp3) is 0.471. The molecule has 1 aromatic carbocycles. The lowest BCUT2D eigenvalue weighted by molar-refractivity contribution is -0.141. The van der Waals surface area contributed by atoms with Gasteiger partial charge in [0.2, 0.25) is 0 Å². The van der Waals surface area contributed by atoms with Crippen LogP contribution in [0.1, 0.15) is 29.6 Å². The van der Waals surface area contributed by atoms with E-state index in [-0.39, 0.29) is 18.0 Å². The lowest BCUT2D eigenvalue weighted by Gasteiger charge is -2.19. The summed E-state index contributed by atoms with van der Waals surface area (Å²) in [6, 6.07) is 4.55. The minimum atomic E-state index is -0.816. The van der Waals surface area contributed by atoms with Crippen LogP contribution >= 0.6 is 0 Å². The largest absolute Gasteiger partial charge is 0.495 e. The molecule has 3 N–H and O–H groups in total. The Kier molecular flexibility index (Phi) is 4.78. The zero-order valence-corrected chi connectivity index (χ0v) is 13.9. The molecule has 1 heterocycles. The van der Waals surface area contributed by atoms with E-state index >= 15 is 0 Å². The fourth-order valence-electron chi connectivity index (χ4n) is 3.35. The Morgan fingerprint density at radius 1 is 1.36 bits per heavy atom. The molecule has 0 unspecified atom stereocenters. The van der Waals surface area contributed by atoms with Crippen molar-refractivity contribution in [1.82, 2.24) is 10.6 Å². The molecule has 0 bridgehead atoms. The van der Waals surface area contributed by atoms with Gasteiger partial charge < -0.3 is 20.5 Å². The van der Waals surface area contributed by atoms with E-state index in [1.54, 1.807) is 18.2 Å². The second kappa shape index (κ2) is 7.00. The predicted octanol–water partition coefficient (Wildman–Crippen LogP) is 1.21. The van der Waals surface area contributed by atoms with Gasteiger partial charge in [0, 0.05) is 24.7 Å². The number of ether oxygens (including phenoxy) is 1. The zero-order valence-electron chi connectivity index (χ0n) is 13.9. The average Bonchev–Trinajstić information content (AvgIpc) is 3.23. The summed E-state index contributed by atoms with van der Waals surface area (Å²) in [5.74, 6) is -0.978. The standard InChI is InChI=1S/C17H21N3O5/c1-25-14-5-3-10(9-13(14)20-7-6-18-17(20)24)15(21)19-12-4-2-11(8-12)16(22)23/h3,5,9,11-12H,2,4,6-8H2,1H3,(H,18,24)(H,19,21)(H,22,23)/t11-,12+/m0/s1. The van der Waals surface area contributed by atoms with Crippen LogP contribution < -0.4 is 20.3 Å². The van der Waals surface area contributed by atoms with Gasteiger partial charge in [0.15, 0.2) is 0 Å². The summed E-state index contributed by atoms with van der Waals surface area (Å²) >= 11 is 0. The van der Waals surface area contributed by atoms with Crippen LogP contribution in [0.2, 0.25) is 0 Å². The highest BCUT2D eigenvalue weighted by atomic mass is 16.5. The number of nitrogens with zero attached hydrogens (tertiary/aromatic N) is 1. The first kappa shape index (κ1) is 17.1. The maximum Gasteiger partial charge on any atom is 0.322 e. The molecule has 1 aliphatic heterocycles. The van der Waals surface area contributed by atoms with Crippen molar-refractivity contribution in [2.75, 3.05) is 25.1 Å². The van der Waals surface area contributed by atoms with Crippen molar-refractivity contribution in [3.63, 3.8) is 0 Å². The van der Waals surface area contributed by atoms with E-state index in [4.69, 9.17) is 9.84 Å². The third kappa shape index (κ3) is 3.52. The molecule has 8 heteroatoms. The van der Waals surface area contributed by atoms with E-state index < -0.39 is 11.9 Å². The second-order valence-electron chi connectivity index (χ2n) is 6.29. The van der Waals surface area contributed by atoms with E-state index in [0.29, 0.717) is 49.4 Å². The molecule has 3 rings (SSSR count). The van der Waals surface area contributed by atoms with Gasteiger partial charge in [-0.1, -0.05) is 0 Å². The molecule has 1 saturated heterocycles. The minimum Gasteiger partial charge on any atom is -0.495 e. The van der Waals surface area contributed by atoms with E-state index in [9.17, 15) is 14.4 Å². The highest BCUT2D eigenvalue weighted by Crippen LogP contribution is 2.31. The summed E-state index contributed by atoms with van der Waals surface area (Å²) in [6.07, 6.45) is 1.67. The lowest BCUT2D eigenvalue weighted by Crippen LogP contribution is -2.33. The lowest BCUT2D eigenvalue weighted by atomic mass is 10.1. The molecule has 3 amide bonds. The number of methoxy groups -OCH3 is 1. The SMILES string of the molecule is COc1ccc(C(=O)N[C@@H]2CC[C@H](C(=O)O)C2)cc1N1CCNC1=O. The van der Waals surface area contributed by atoms with Crippen LogP contribution in [0.5, 0.6) is 5.75 Å². The van der Waals surface area contributed by atoms with E-state index in [0.717, 1.165) is 0 Å². The fourth-order valence-corrected chi connectivity index (χ4v) is 3.35. The quantitative estimate of drug-likeness (QED) is 0.742. The highest BCUT2D eigenvalue weighted by molar-refractivity contribution is 6.00. The molecule has 0 spiro atoms. The van der Waals surface area contributed by atoms with Gasteiger partial charge in [0.25, 0.3) is 5.91 Å². The van der Waals surface area contributed by atoms with Gasteiger partial charge in [-0.05, 0) is 37.5 Å². The predicted molar refractivity (Wildman–Crippen MR) is 90.0 cm³/mol. The van der Waals surface area contributed by atoms with Crippen LogP contribution in [0.15, 0.2) is 18.2 Å². The number of carboxylic acids is 1. The van der Waals surface area contributed by atoms with E-state index in [1.807, 2.05) is 0 Å². The van der Waals surface area contributed by atoms with Crippen molar-refractivity contribution in [3.8, 4) is 5.75 Å². The first-order valence-corrected chi connectivity index (χ1v) is 8.26. The number of urea groups is 1. The first-order valence-electron chi connectivity index (χ1n) is 8.26. The monoisotopic (exact) mass is 347 g/mol. The van der Waals surface area contributed by atoms with Crippen molar-refractivity contribution < 1.29 is 24.2 Å². The molecule has 0 radical (unpaired) electrons. The van der Waals surface area contributed by atoms with Crippen molar-refractivity contribution in [3.05, 3.63) is 23.8 Å². The third-order valence-corrected chi connectivity index (χ3v) is 4.71. The van der Waals surface area contributed by atoms with E-state index in [1.165, 1.54) is 12.0 Å². The molecule has 8 nitrogen and oxygen atoms in total. The molecule has 2 atom stereocenters.